The molecule has 1 atom stereocenters. The highest BCUT2D eigenvalue weighted by Gasteiger charge is 2.33. The predicted molar refractivity (Wildman–Crippen MR) is 115 cm³/mol. The van der Waals surface area contributed by atoms with E-state index in [9.17, 15) is 9.59 Å². The van der Waals surface area contributed by atoms with Gasteiger partial charge in [-0.05, 0) is 66.8 Å². The lowest BCUT2D eigenvalue weighted by Crippen LogP contribution is -2.42. The van der Waals surface area contributed by atoms with Crippen molar-refractivity contribution in [1.29, 1.82) is 0 Å². The van der Waals surface area contributed by atoms with E-state index in [0.29, 0.717) is 20.8 Å². The van der Waals surface area contributed by atoms with Crippen LogP contribution in [0.25, 0.3) is 0 Å². The molecule has 4 rings (SSSR count). The molecule has 1 aromatic heterocycles. The minimum atomic E-state index is -0.380. The highest BCUT2D eigenvalue weighted by Crippen LogP contribution is 2.29. The highest BCUT2D eigenvalue weighted by molar-refractivity contribution is 9.10. The number of hydrogen-bond donors (Lipinski definition) is 2. The summed E-state index contributed by atoms with van der Waals surface area (Å²) < 4.78 is 0.453. The maximum Gasteiger partial charge on any atom is 0.273 e. The molecule has 0 unspecified atom stereocenters. The number of aromatic amines is 1. The van der Waals surface area contributed by atoms with E-state index in [1.54, 1.807) is 24.3 Å². The van der Waals surface area contributed by atoms with Gasteiger partial charge < -0.3 is 15.1 Å². The summed E-state index contributed by atoms with van der Waals surface area (Å²) in [6.07, 6.45) is 4.50. The molecule has 0 spiro atoms. The van der Waals surface area contributed by atoms with E-state index in [1.807, 2.05) is 4.90 Å². The Balaban J connectivity index is 1.46. The lowest BCUT2D eigenvalue weighted by atomic mass is 10.2. The SMILES string of the molecule is O=C(Nc1n[nH]c(C(=O)N2CCC[C@@H]2CN2CCCC2)c1Br)c1ccccc1Cl. The van der Waals surface area contributed by atoms with Gasteiger partial charge in [0.2, 0.25) is 0 Å². The highest BCUT2D eigenvalue weighted by atomic mass is 79.9. The monoisotopic (exact) mass is 479 g/mol. The van der Waals surface area contributed by atoms with Crippen LogP contribution in [-0.2, 0) is 0 Å². The third kappa shape index (κ3) is 4.34. The van der Waals surface area contributed by atoms with Gasteiger partial charge in [0.1, 0.15) is 5.69 Å². The van der Waals surface area contributed by atoms with Gasteiger partial charge in [-0.15, -0.1) is 0 Å². The third-order valence-electron chi connectivity index (χ3n) is 5.58. The first-order valence-electron chi connectivity index (χ1n) is 9.87. The Labute approximate surface area is 182 Å². The van der Waals surface area contributed by atoms with Gasteiger partial charge in [-0.25, -0.2) is 0 Å². The van der Waals surface area contributed by atoms with Crippen LogP contribution in [0.5, 0.6) is 0 Å². The zero-order chi connectivity index (χ0) is 20.4. The fourth-order valence-corrected chi connectivity index (χ4v) is 4.74. The van der Waals surface area contributed by atoms with E-state index < -0.39 is 0 Å². The number of nitrogens with zero attached hydrogens (tertiary/aromatic N) is 3. The van der Waals surface area contributed by atoms with E-state index >= 15 is 0 Å². The largest absolute Gasteiger partial charge is 0.333 e. The van der Waals surface area contributed by atoms with Crippen LogP contribution in [-0.4, -0.2) is 64.0 Å². The van der Waals surface area contributed by atoms with E-state index in [1.165, 1.54) is 12.8 Å². The van der Waals surface area contributed by atoms with E-state index in [0.717, 1.165) is 39.0 Å². The number of amides is 2. The van der Waals surface area contributed by atoms with Crippen molar-refractivity contribution in [2.75, 3.05) is 31.5 Å². The summed E-state index contributed by atoms with van der Waals surface area (Å²) in [4.78, 5) is 30.0. The third-order valence-corrected chi connectivity index (χ3v) is 6.68. The van der Waals surface area contributed by atoms with Gasteiger partial charge in [0, 0.05) is 19.1 Å². The van der Waals surface area contributed by atoms with Crippen molar-refractivity contribution in [1.82, 2.24) is 20.0 Å². The molecule has 0 bridgehead atoms. The normalized spacial score (nSPS) is 19.7. The van der Waals surface area contributed by atoms with Crippen molar-refractivity contribution in [2.24, 2.45) is 0 Å². The van der Waals surface area contributed by atoms with Crippen molar-refractivity contribution >= 4 is 45.2 Å². The maximum absolute atomic E-state index is 13.1. The average Bonchev–Trinajstić information content (AvgIpc) is 3.45. The molecule has 2 saturated heterocycles. The topological polar surface area (TPSA) is 81.3 Å². The Bertz CT molecular complexity index is 912. The number of rotatable bonds is 5. The van der Waals surface area contributed by atoms with Crippen molar-refractivity contribution in [3.8, 4) is 0 Å². The fraction of sp³-hybridized carbons (Fsp3) is 0.450. The molecule has 2 fully saturated rings. The first-order valence-corrected chi connectivity index (χ1v) is 11.0. The summed E-state index contributed by atoms with van der Waals surface area (Å²) in [5.74, 6) is -0.201. The molecule has 2 aromatic rings. The van der Waals surface area contributed by atoms with E-state index in [4.69, 9.17) is 11.6 Å². The van der Waals surface area contributed by atoms with Crippen LogP contribution >= 0.6 is 27.5 Å². The quantitative estimate of drug-likeness (QED) is 0.682. The number of aromatic nitrogens is 2. The van der Waals surface area contributed by atoms with E-state index in [2.05, 4.69) is 36.3 Å². The van der Waals surface area contributed by atoms with Crippen molar-refractivity contribution in [3.63, 3.8) is 0 Å². The first-order chi connectivity index (χ1) is 14.0. The van der Waals surface area contributed by atoms with Crippen molar-refractivity contribution < 1.29 is 9.59 Å². The smallest absolute Gasteiger partial charge is 0.273 e. The van der Waals surface area contributed by atoms with Crippen LogP contribution < -0.4 is 5.32 Å². The number of likely N-dealkylation sites (tertiary alicyclic amines) is 2. The summed E-state index contributed by atoms with van der Waals surface area (Å²) in [6.45, 7) is 3.90. The molecular weight excluding hydrogens is 458 g/mol. The predicted octanol–water partition coefficient (Wildman–Crippen LogP) is 3.78. The number of H-pyrrole nitrogens is 1. The Hall–Kier alpha value is -1.90. The second kappa shape index (κ2) is 8.85. The molecule has 2 aliphatic heterocycles. The number of halogens is 2. The molecular formula is C20H23BrClN5O2. The van der Waals surface area contributed by atoms with Gasteiger partial charge in [0.25, 0.3) is 11.8 Å². The Morgan fingerprint density at radius 1 is 1.21 bits per heavy atom. The van der Waals surface area contributed by atoms with Gasteiger partial charge in [0.15, 0.2) is 5.82 Å². The summed E-state index contributed by atoms with van der Waals surface area (Å²) in [5, 5.41) is 9.98. The molecule has 7 nitrogen and oxygen atoms in total. The molecule has 154 valence electrons. The second-order valence-electron chi connectivity index (χ2n) is 7.50. The summed E-state index contributed by atoms with van der Waals surface area (Å²) in [7, 11) is 0. The number of carbonyl (C=O) groups is 2. The molecule has 3 heterocycles. The van der Waals surface area contributed by atoms with Crippen molar-refractivity contribution in [3.05, 3.63) is 45.0 Å². The molecule has 0 saturated carbocycles. The molecule has 1 aromatic carbocycles. The van der Waals surface area contributed by atoms with E-state index in [-0.39, 0.29) is 23.7 Å². The van der Waals surface area contributed by atoms with Gasteiger partial charge in [-0.3, -0.25) is 14.7 Å². The van der Waals surface area contributed by atoms with Gasteiger partial charge in [-0.1, -0.05) is 23.7 Å². The van der Waals surface area contributed by atoms with Crippen LogP contribution in [0, 0.1) is 0 Å². The van der Waals surface area contributed by atoms with Gasteiger partial charge >= 0.3 is 0 Å². The zero-order valence-electron chi connectivity index (χ0n) is 16.0. The fourth-order valence-electron chi connectivity index (χ4n) is 4.07. The number of hydrogen-bond acceptors (Lipinski definition) is 4. The molecule has 2 amide bonds. The minimum Gasteiger partial charge on any atom is -0.333 e. The van der Waals surface area contributed by atoms with Crippen LogP contribution in [0.15, 0.2) is 28.7 Å². The number of benzene rings is 1. The Morgan fingerprint density at radius 2 is 1.97 bits per heavy atom. The molecule has 0 radical (unpaired) electrons. The molecule has 9 heteroatoms. The molecule has 29 heavy (non-hydrogen) atoms. The summed E-state index contributed by atoms with van der Waals surface area (Å²) in [6, 6.07) is 7.01. The lowest BCUT2D eigenvalue weighted by Gasteiger charge is -2.28. The van der Waals surface area contributed by atoms with Crippen LogP contribution in [0.1, 0.15) is 46.5 Å². The first kappa shape index (κ1) is 20.4. The minimum absolute atomic E-state index is 0.0932. The van der Waals surface area contributed by atoms with Gasteiger partial charge in [0.05, 0.1) is 15.1 Å². The molecule has 2 N–H and O–H groups in total. The summed E-state index contributed by atoms with van der Waals surface area (Å²) >= 11 is 9.51. The Kier molecular flexibility index (Phi) is 6.22. The van der Waals surface area contributed by atoms with Crippen LogP contribution in [0.3, 0.4) is 0 Å². The number of anilines is 1. The standard InChI is InChI=1S/C20H23BrClN5O2/c21-16-17(20(29)27-11-5-6-13(27)12-26-9-3-4-10-26)24-25-18(16)23-19(28)14-7-1-2-8-15(14)22/h1-2,7-8,13H,3-6,9-12H2,(H2,23,24,25,28)/t13-/m1/s1. The van der Waals surface area contributed by atoms with Gasteiger partial charge in [-0.2, -0.15) is 5.10 Å². The molecule has 0 aliphatic carbocycles. The Morgan fingerprint density at radius 3 is 2.72 bits per heavy atom. The van der Waals surface area contributed by atoms with Crippen molar-refractivity contribution in [2.45, 2.75) is 31.7 Å². The zero-order valence-corrected chi connectivity index (χ0v) is 18.3. The maximum atomic E-state index is 13.1. The molecule has 2 aliphatic rings. The summed E-state index contributed by atoms with van der Waals surface area (Å²) in [5.41, 5.74) is 0.704. The second-order valence-corrected chi connectivity index (χ2v) is 8.70. The number of carbonyl (C=O) groups excluding carboxylic acids is 2. The lowest BCUT2D eigenvalue weighted by molar-refractivity contribution is 0.0701. The average molecular weight is 481 g/mol. The van der Waals surface area contributed by atoms with Crippen LogP contribution in [0.4, 0.5) is 5.82 Å². The van der Waals surface area contributed by atoms with Crippen LogP contribution in [0.2, 0.25) is 5.02 Å². The number of nitrogens with one attached hydrogen (secondary N) is 2.